The van der Waals surface area contributed by atoms with Gasteiger partial charge in [0.2, 0.25) is 5.55 Å². The molecule has 0 aliphatic heterocycles. The molecule has 0 unspecified atom stereocenters. The van der Waals surface area contributed by atoms with Crippen LogP contribution in [0, 0.1) is 0 Å². The summed E-state index contributed by atoms with van der Waals surface area (Å²) in [7, 11) is 1.49. The molecule has 0 bridgehead atoms. The highest BCUT2D eigenvalue weighted by atomic mass is 16.5. The SMILES string of the molecule is COc1ccccc1C(=O)NN=c1oc2cc(O)ccc2cc1-c1nc2ccccc2[nH]1. The van der Waals surface area contributed by atoms with E-state index in [1.54, 1.807) is 36.4 Å². The average molecular weight is 426 g/mol. The van der Waals surface area contributed by atoms with Crippen molar-refractivity contribution >= 4 is 27.9 Å². The van der Waals surface area contributed by atoms with Crippen LogP contribution in [0.2, 0.25) is 0 Å². The molecule has 0 saturated carbocycles. The minimum Gasteiger partial charge on any atom is -0.508 e. The number of hydrogen-bond acceptors (Lipinski definition) is 6. The number of phenolic OH excluding ortho intramolecular Hbond substituents is 1. The number of benzene rings is 3. The number of fused-ring (bicyclic) bond motifs is 2. The number of para-hydroxylation sites is 3. The van der Waals surface area contributed by atoms with Gasteiger partial charge in [0.25, 0.3) is 5.91 Å². The molecule has 8 heteroatoms. The number of imidazole rings is 1. The first-order chi connectivity index (χ1) is 15.6. The summed E-state index contributed by atoms with van der Waals surface area (Å²) in [6.45, 7) is 0. The number of carbonyl (C=O) groups is 1. The summed E-state index contributed by atoms with van der Waals surface area (Å²) in [4.78, 5) is 20.6. The topological polar surface area (TPSA) is 113 Å². The third-order valence-electron chi connectivity index (χ3n) is 4.99. The molecule has 2 heterocycles. The number of carbonyl (C=O) groups excluding carboxylic acids is 1. The summed E-state index contributed by atoms with van der Waals surface area (Å²) in [6.07, 6.45) is 0. The fourth-order valence-corrected chi connectivity index (χ4v) is 3.43. The minimum atomic E-state index is -0.454. The lowest BCUT2D eigenvalue weighted by molar-refractivity contribution is 0.0948. The second-order valence-corrected chi connectivity index (χ2v) is 7.04. The van der Waals surface area contributed by atoms with Crippen molar-refractivity contribution in [2.24, 2.45) is 5.10 Å². The maximum absolute atomic E-state index is 12.7. The highest BCUT2D eigenvalue weighted by molar-refractivity contribution is 5.96. The molecule has 0 atom stereocenters. The number of aromatic nitrogens is 2. The van der Waals surface area contributed by atoms with E-state index in [0.717, 1.165) is 16.4 Å². The molecule has 0 fully saturated rings. The largest absolute Gasteiger partial charge is 0.508 e. The lowest BCUT2D eigenvalue weighted by Gasteiger charge is -2.07. The zero-order valence-electron chi connectivity index (χ0n) is 17.0. The number of phenols is 1. The van der Waals surface area contributed by atoms with Gasteiger partial charge in [-0.05, 0) is 42.5 Å². The number of aromatic amines is 1. The zero-order valence-corrected chi connectivity index (χ0v) is 17.0. The minimum absolute atomic E-state index is 0.0572. The predicted molar refractivity (Wildman–Crippen MR) is 119 cm³/mol. The number of H-pyrrole nitrogens is 1. The molecule has 5 aromatic rings. The van der Waals surface area contributed by atoms with Gasteiger partial charge in [0.15, 0.2) is 0 Å². The van der Waals surface area contributed by atoms with Crippen molar-refractivity contribution in [3.8, 4) is 22.9 Å². The van der Waals surface area contributed by atoms with Crippen LogP contribution >= 0.6 is 0 Å². The Morgan fingerprint density at radius 3 is 2.75 bits per heavy atom. The van der Waals surface area contributed by atoms with Crippen molar-refractivity contribution in [1.82, 2.24) is 15.4 Å². The van der Waals surface area contributed by atoms with Crippen LogP contribution in [0.15, 0.2) is 82.3 Å². The molecular weight excluding hydrogens is 408 g/mol. The van der Waals surface area contributed by atoms with Gasteiger partial charge < -0.3 is 19.2 Å². The fourth-order valence-electron chi connectivity index (χ4n) is 3.43. The molecule has 2 aromatic heterocycles. The Morgan fingerprint density at radius 1 is 1.09 bits per heavy atom. The molecule has 1 amide bonds. The first kappa shape index (κ1) is 19.4. The summed E-state index contributed by atoms with van der Waals surface area (Å²) in [5.41, 5.74) is 5.60. The van der Waals surface area contributed by atoms with Gasteiger partial charge in [-0.3, -0.25) is 4.79 Å². The third kappa shape index (κ3) is 3.54. The second-order valence-electron chi connectivity index (χ2n) is 7.04. The van der Waals surface area contributed by atoms with Crippen LogP contribution in [-0.2, 0) is 0 Å². The number of methoxy groups -OCH3 is 1. The monoisotopic (exact) mass is 426 g/mol. The van der Waals surface area contributed by atoms with Crippen molar-refractivity contribution in [2.45, 2.75) is 0 Å². The van der Waals surface area contributed by atoms with Gasteiger partial charge >= 0.3 is 0 Å². The highest BCUT2D eigenvalue weighted by Crippen LogP contribution is 2.24. The van der Waals surface area contributed by atoms with Crippen molar-refractivity contribution in [2.75, 3.05) is 7.11 Å². The van der Waals surface area contributed by atoms with Crippen LogP contribution in [0.1, 0.15) is 10.4 Å². The Balaban J connectivity index is 1.64. The van der Waals surface area contributed by atoms with Crippen molar-refractivity contribution in [3.63, 3.8) is 0 Å². The quantitative estimate of drug-likeness (QED) is 0.377. The number of nitrogens with one attached hydrogen (secondary N) is 2. The molecule has 0 aliphatic carbocycles. The van der Waals surface area contributed by atoms with Crippen molar-refractivity contribution < 1.29 is 19.1 Å². The standard InChI is InChI=1S/C24H18N4O4/c1-31-20-9-5-2-6-16(20)23(30)27-28-24-17(12-14-10-11-15(29)13-21(14)32-24)22-25-18-7-3-4-8-19(18)26-22/h2-13,29H,1H3,(H,25,26)(H,27,30). The zero-order chi connectivity index (χ0) is 22.1. The van der Waals surface area contributed by atoms with Gasteiger partial charge in [-0.25, -0.2) is 10.4 Å². The Bertz CT molecular complexity index is 1500. The van der Waals surface area contributed by atoms with Crippen LogP contribution in [0.4, 0.5) is 0 Å². The molecule has 3 N–H and O–H groups in total. The van der Waals surface area contributed by atoms with E-state index >= 15 is 0 Å². The number of aromatic hydroxyl groups is 1. The van der Waals surface area contributed by atoms with E-state index in [-0.39, 0.29) is 11.3 Å². The molecule has 0 spiro atoms. The van der Waals surface area contributed by atoms with Gasteiger partial charge in [-0.15, -0.1) is 5.10 Å². The smallest absolute Gasteiger partial charge is 0.275 e. The molecule has 3 aromatic carbocycles. The number of nitrogens with zero attached hydrogens (tertiary/aromatic N) is 2. The molecule has 32 heavy (non-hydrogen) atoms. The summed E-state index contributed by atoms with van der Waals surface area (Å²) in [6, 6.07) is 21.1. The molecule has 5 rings (SSSR count). The van der Waals surface area contributed by atoms with E-state index in [1.165, 1.54) is 13.2 Å². The molecule has 158 valence electrons. The lowest BCUT2D eigenvalue weighted by atomic mass is 10.1. The van der Waals surface area contributed by atoms with Crippen LogP contribution < -0.4 is 15.7 Å². The van der Waals surface area contributed by atoms with E-state index in [1.807, 2.05) is 30.3 Å². The molecule has 0 saturated heterocycles. The number of hydrogen-bond donors (Lipinski definition) is 3. The fraction of sp³-hybridized carbons (Fsp3) is 0.0417. The average Bonchev–Trinajstić information content (AvgIpc) is 3.26. The van der Waals surface area contributed by atoms with Crippen molar-refractivity contribution in [3.05, 3.63) is 83.9 Å². The Kier molecular flexibility index (Phi) is 4.79. The van der Waals surface area contributed by atoms with E-state index in [9.17, 15) is 9.90 Å². The molecule has 0 radical (unpaired) electrons. The third-order valence-corrected chi connectivity index (χ3v) is 4.99. The van der Waals surface area contributed by atoms with Gasteiger partial charge in [-0.2, -0.15) is 0 Å². The summed E-state index contributed by atoms with van der Waals surface area (Å²) < 4.78 is 11.2. The van der Waals surface area contributed by atoms with Crippen LogP contribution in [0.3, 0.4) is 0 Å². The maximum Gasteiger partial charge on any atom is 0.275 e. The van der Waals surface area contributed by atoms with E-state index < -0.39 is 5.91 Å². The Labute approximate surface area is 181 Å². The number of rotatable bonds is 4. The van der Waals surface area contributed by atoms with Gasteiger partial charge in [0.1, 0.15) is 22.9 Å². The summed E-state index contributed by atoms with van der Waals surface area (Å²) in [5, 5.41) is 14.8. The van der Waals surface area contributed by atoms with E-state index in [4.69, 9.17) is 9.15 Å². The normalized spacial score (nSPS) is 11.7. The predicted octanol–water partition coefficient (Wildman–Crippen LogP) is 3.94. The first-order valence-corrected chi connectivity index (χ1v) is 9.81. The van der Waals surface area contributed by atoms with Gasteiger partial charge in [-0.1, -0.05) is 24.3 Å². The Morgan fingerprint density at radius 2 is 1.91 bits per heavy atom. The van der Waals surface area contributed by atoms with Crippen LogP contribution in [0.5, 0.6) is 11.5 Å². The maximum atomic E-state index is 12.7. The number of amides is 1. The molecule has 8 nitrogen and oxygen atoms in total. The second kappa shape index (κ2) is 7.92. The van der Waals surface area contributed by atoms with Crippen LogP contribution in [-0.4, -0.2) is 28.1 Å². The highest BCUT2D eigenvalue weighted by Gasteiger charge is 2.14. The van der Waals surface area contributed by atoms with E-state index in [0.29, 0.717) is 28.3 Å². The lowest BCUT2D eigenvalue weighted by Crippen LogP contribution is -2.22. The Hall–Kier alpha value is -4.59. The van der Waals surface area contributed by atoms with Crippen molar-refractivity contribution in [1.29, 1.82) is 0 Å². The van der Waals surface area contributed by atoms with Crippen LogP contribution in [0.25, 0.3) is 33.4 Å². The number of ether oxygens (including phenoxy) is 1. The summed E-state index contributed by atoms with van der Waals surface area (Å²) in [5.74, 6) is 0.569. The van der Waals surface area contributed by atoms with Gasteiger partial charge in [0, 0.05) is 11.5 Å². The molecular formula is C24H18N4O4. The van der Waals surface area contributed by atoms with Gasteiger partial charge in [0.05, 0.1) is 29.3 Å². The van der Waals surface area contributed by atoms with E-state index in [2.05, 4.69) is 20.5 Å². The summed E-state index contributed by atoms with van der Waals surface area (Å²) >= 11 is 0. The first-order valence-electron chi connectivity index (χ1n) is 9.81. The molecule has 0 aliphatic rings.